The summed E-state index contributed by atoms with van der Waals surface area (Å²) in [5.41, 5.74) is 0. The minimum absolute atomic E-state index is 0.00458. The SMILES string of the molecule is CCCCCCCC(=O)OCCOCCOCCOCCOCCOCCOCCOCCOCCOC(=O)C(CC)CCCC. The molecule has 12 heteroatoms. The number of hydrogen-bond acceptors (Lipinski definition) is 12. The number of carbonyl (C=O) groups excluding carboxylic acids is 2. The average molecular weight is 667 g/mol. The van der Waals surface area contributed by atoms with Gasteiger partial charge in [-0.15, -0.1) is 0 Å². The Kier molecular flexibility index (Phi) is 36.9. The highest BCUT2D eigenvalue weighted by molar-refractivity contribution is 5.72. The number of esters is 2. The van der Waals surface area contributed by atoms with Crippen molar-refractivity contribution in [2.75, 3.05) is 119 Å². The maximum Gasteiger partial charge on any atom is 0.308 e. The first-order valence-electron chi connectivity index (χ1n) is 17.6. The Bertz CT molecular complexity index is 637. The van der Waals surface area contributed by atoms with Crippen LogP contribution >= 0.6 is 0 Å². The lowest BCUT2D eigenvalue weighted by Gasteiger charge is -2.13. The van der Waals surface area contributed by atoms with E-state index in [2.05, 4.69) is 13.8 Å². The molecule has 12 nitrogen and oxygen atoms in total. The fraction of sp³-hybridized carbons (Fsp3) is 0.941. The third-order valence-corrected chi connectivity index (χ3v) is 6.78. The van der Waals surface area contributed by atoms with Gasteiger partial charge in [-0.25, -0.2) is 0 Å². The average Bonchev–Trinajstić information content (AvgIpc) is 3.06. The standard InChI is InChI=1S/C34H66O12/c1-4-7-9-10-11-13-33(35)45-30-28-43-26-24-41-22-20-39-18-16-37-14-15-38-17-19-40-21-23-42-25-27-44-29-31-46-34(36)32(6-3)12-8-5-2/h32H,4-31H2,1-3H3. The van der Waals surface area contributed by atoms with E-state index in [1.807, 2.05) is 6.92 Å². The van der Waals surface area contributed by atoms with Crippen molar-refractivity contribution in [3.8, 4) is 0 Å². The lowest BCUT2D eigenvalue weighted by molar-refractivity contribution is -0.150. The summed E-state index contributed by atoms with van der Waals surface area (Å²) >= 11 is 0. The first-order chi connectivity index (χ1) is 22.7. The van der Waals surface area contributed by atoms with E-state index in [1.165, 1.54) is 19.3 Å². The van der Waals surface area contributed by atoms with Gasteiger partial charge in [0.1, 0.15) is 13.2 Å². The summed E-state index contributed by atoms with van der Waals surface area (Å²) in [5.74, 6) is -0.275. The first-order valence-corrected chi connectivity index (χ1v) is 17.6. The maximum absolute atomic E-state index is 12.0. The molecule has 0 heterocycles. The Morgan fingerprint density at radius 2 is 0.761 bits per heavy atom. The number of unbranched alkanes of at least 4 members (excludes halogenated alkanes) is 5. The molecule has 0 N–H and O–H groups in total. The highest BCUT2D eigenvalue weighted by Crippen LogP contribution is 2.14. The van der Waals surface area contributed by atoms with E-state index in [1.54, 1.807) is 0 Å². The number of carbonyl (C=O) groups is 2. The third kappa shape index (κ3) is 34.0. The summed E-state index contributed by atoms with van der Waals surface area (Å²) in [7, 11) is 0. The van der Waals surface area contributed by atoms with Crippen LogP contribution in [0.1, 0.15) is 85.0 Å². The Morgan fingerprint density at radius 1 is 0.413 bits per heavy atom. The van der Waals surface area contributed by atoms with E-state index < -0.39 is 0 Å². The zero-order chi connectivity index (χ0) is 33.6. The van der Waals surface area contributed by atoms with Crippen molar-refractivity contribution in [2.45, 2.75) is 85.0 Å². The zero-order valence-corrected chi connectivity index (χ0v) is 29.3. The molecule has 0 spiro atoms. The number of ether oxygens (including phenoxy) is 10. The van der Waals surface area contributed by atoms with Crippen molar-refractivity contribution in [3.63, 3.8) is 0 Å². The quantitative estimate of drug-likeness (QED) is 0.0665. The molecular formula is C34H66O12. The van der Waals surface area contributed by atoms with Crippen LogP contribution in [0.15, 0.2) is 0 Å². The fourth-order valence-electron chi connectivity index (χ4n) is 4.06. The summed E-state index contributed by atoms with van der Waals surface area (Å²) in [4.78, 5) is 23.6. The summed E-state index contributed by atoms with van der Waals surface area (Å²) in [5, 5.41) is 0. The van der Waals surface area contributed by atoms with Gasteiger partial charge in [-0.1, -0.05) is 59.3 Å². The van der Waals surface area contributed by atoms with Crippen LogP contribution < -0.4 is 0 Å². The molecule has 1 atom stereocenters. The van der Waals surface area contributed by atoms with Gasteiger partial charge in [-0.3, -0.25) is 9.59 Å². The topological polar surface area (TPSA) is 126 Å². The van der Waals surface area contributed by atoms with E-state index in [0.717, 1.165) is 38.5 Å². The summed E-state index contributed by atoms with van der Waals surface area (Å²) < 4.78 is 54.1. The largest absolute Gasteiger partial charge is 0.463 e. The van der Waals surface area contributed by atoms with E-state index in [4.69, 9.17) is 47.4 Å². The van der Waals surface area contributed by atoms with Crippen LogP contribution in [0.5, 0.6) is 0 Å². The molecule has 0 aromatic rings. The van der Waals surface area contributed by atoms with Crippen molar-refractivity contribution in [1.29, 1.82) is 0 Å². The van der Waals surface area contributed by atoms with Gasteiger partial charge >= 0.3 is 11.9 Å². The van der Waals surface area contributed by atoms with Crippen LogP contribution in [-0.2, 0) is 57.0 Å². The molecule has 0 aromatic heterocycles. The van der Waals surface area contributed by atoms with Crippen molar-refractivity contribution in [1.82, 2.24) is 0 Å². The third-order valence-electron chi connectivity index (χ3n) is 6.78. The Hall–Kier alpha value is -1.38. The molecule has 0 fully saturated rings. The van der Waals surface area contributed by atoms with E-state index >= 15 is 0 Å². The Balaban J connectivity index is 3.19. The summed E-state index contributed by atoms with van der Waals surface area (Å²) in [6.07, 6.45) is 9.90. The molecule has 0 aromatic carbocycles. The second kappa shape index (κ2) is 38.1. The lowest BCUT2D eigenvalue weighted by atomic mass is 10.00. The van der Waals surface area contributed by atoms with Crippen LogP contribution in [0, 0.1) is 5.92 Å². The minimum Gasteiger partial charge on any atom is -0.463 e. The monoisotopic (exact) mass is 666 g/mol. The van der Waals surface area contributed by atoms with Crippen LogP contribution in [0.4, 0.5) is 0 Å². The number of hydrogen-bond donors (Lipinski definition) is 0. The van der Waals surface area contributed by atoms with Crippen molar-refractivity contribution >= 4 is 11.9 Å². The molecule has 46 heavy (non-hydrogen) atoms. The molecule has 0 saturated heterocycles. The van der Waals surface area contributed by atoms with Crippen LogP contribution in [0.3, 0.4) is 0 Å². The van der Waals surface area contributed by atoms with Crippen molar-refractivity contribution in [2.24, 2.45) is 5.92 Å². The highest BCUT2D eigenvalue weighted by Gasteiger charge is 2.16. The Morgan fingerprint density at radius 3 is 1.13 bits per heavy atom. The molecular weight excluding hydrogens is 600 g/mol. The highest BCUT2D eigenvalue weighted by atomic mass is 16.6. The molecule has 0 rings (SSSR count). The molecule has 1 unspecified atom stereocenters. The number of rotatable bonds is 38. The Labute approximate surface area is 278 Å². The van der Waals surface area contributed by atoms with Crippen molar-refractivity contribution < 1.29 is 57.0 Å². The summed E-state index contributed by atoms with van der Waals surface area (Å²) in [6.45, 7) is 14.3. The molecule has 0 amide bonds. The molecule has 0 aliphatic rings. The molecule has 0 bridgehead atoms. The second-order valence-corrected chi connectivity index (χ2v) is 10.7. The second-order valence-electron chi connectivity index (χ2n) is 10.7. The lowest BCUT2D eigenvalue weighted by Crippen LogP contribution is -2.20. The fourth-order valence-corrected chi connectivity index (χ4v) is 4.06. The van der Waals surface area contributed by atoms with Crippen LogP contribution in [0.2, 0.25) is 0 Å². The van der Waals surface area contributed by atoms with Gasteiger partial charge in [0, 0.05) is 6.42 Å². The van der Waals surface area contributed by atoms with Gasteiger partial charge in [0.15, 0.2) is 0 Å². The van der Waals surface area contributed by atoms with Gasteiger partial charge in [0.2, 0.25) is 0 Å². The molecule has 274 valence electrons. The molecule has 0 radical (unpaired) electrons. The van der Waals surface area contributed by atoms with Gasteiger partial charge in [-0.2, -0.15) is 0 Å². The maximum atomic E-state index is 12.0. The van der Waals surface area contributed by atoms with Crippen LogP contribution in [0.25, 0.3) is 0 Å². The predicted molar refractivity (Wildman–Crippen MR) is 175 cm³/mol. The normalized spacial score (nSPS) is 12.0. The van der Waals surface area contributed by atoms with Crippen molar-refractivity contribution in [3.05, 3.63) is 0 Å². The van der Waals surface area contributed by atoms with E-state index in [-0.39, 0.29) is 31.1 Å². The van der Waals surface area contributed by atoms with Gasteiger partial charge in [-0.05, 0) is 19.3 Å². The van der Waals surface area contributed by atoms with E-state index in [9.17, 15) is 9.59 Å². The molecule has 0 saturated carbocycles. The van der Waals surface area contributed by atoms with Crippen LogP contribution in [-0.4, -0.2) is 131 Å². The smallest absolute Gasteiger partial charge is 0.308 e. The predicted octanol–water partition coefficient (Wildman–Crippen LogP) is 4.78. The zero-order valence-electron chi connectivity index (χ0n) is 29.3. The molecule has 0 aliphatic heterocycles. The van der Waals surface area contributed by atoms with Gasteiger partial charge < -0.3 is 47.4 Å². The van der Waals surface area contributed by atoms with E-state index in [0.29, 0.717) is 112 Å². The van der Waals surface area contributed by atoms with Gasteiger partial charge in [0.25, 0.3) is 0 Å². The van der Waals surface area contributed by atoms with Gasteiger partial charge in [0.05, 0.1) is 112 Å². The summed E-state index contributed by atoms with van der Waals surface area (Å²) in [6, 6.07) is 0. The minimum atomic E-state index is -0.149. The first kappa shape index (κ1) is 44.6. The molecule has 0 aliphatic carbocycles.